The smallest absolute Gasteiger partial charge is 0.413 e. The van der Waals surface area contributed by atoms with Gasteiger partial charge in [0.15, 0.2) is 12.2 Å². The first-order valence-electron chi connectivity index (χ1n) is 5.66. The maximum Gasteiger partial charge on any atom is 0.413 e. The summed E-state index contributed by atoms with van der Waals surface area (Å²) in [6, 6.07) is 0. The molecule has 0 saturated heterocycles. The molecule has 8 nitrogen and oxygen atoms in total. The molecule has 0 radical (unpaired) electrons. The molecule has 1 N–H and O–H groups in total. The lowest BCUT2D eigenvalue weighted by Crippen LogP contribution is -2.27. The summed E-state index contributed by atoms with van der Waals surface area (Å²) in [5, 5.41) is 15.9. The number of aromatic nitrogens is 2. The zero-order chi connectivity index (χ0) is 16.4. The van der Waals surface area contributed by atoms with E-state index in [1.54, 1.807) is 20.8 Å². The standard InChI is InChI=1S/C10H13F3N4O4/c1-9(2,3)21-8(18)14-6-4-16(5-10(11,12)13)15-7(6)17(19)20/h4H,5H2,1-3H3,(H,14,18). The number of ether oxygens (including phenoxy) is 1. The Hall–Kier alpha value is -2.33. The zero-order valence-corrected chi connectivity index (χ0v) is 11.4. The quantitative estimate of drug-likeness (QED) is 0.683. The molecule has 0 aromatic carbocycles. The maximum absolute atomic E-state index is 12.2. The van der Waals surface area contributed by atoms with Gasteiger partial charge in [-0.1, -0.05) is 0 Å². The fourth-order valence-corrected chi connectivity index (χ4v) is 1.31. The Balaban J connectivity index is 2.95. The van der Waals surface area contributed by atoms with Crippen molar-refractivity contribution in [2.45, 2.75) is 39.1 Å². The Morgan fingerprint density at radius 2 is 2.05 bits per heavy atom. The van der Waals surface area contributed by atoms with Crippen LogP contribution >= 0.6 is 0 Å². The van der Waals surface area contributed by atoms with Gasteiger partial charge in [-0.25, -0.2) is 4.79 Å². The molecule has 1 aromatic heterocycles. The molecule has 0 fully saturated rings. The summed E-state index contributed by atoms with van der Waals surface area (Å²) in [6.45, 7) is 3.18. The van der Waals surface area contributed by atoms with Crippen LogP contribution in [0.2, 0.25) is 0 Å². The predicted octanol–water partition coefficient (Wildman–Crippen LogP) is 2.70. The number of nitrogens with one attached hydrogen (secondary N) is 1. The Labute approximate surface area is 117 Å². The Morgan fingerprint density at radius 1 is 1.48 bits per heavy atom. The lowest BCUT2D eigenvalue weighted by atomic mass is 10.2. The van der Waals surface area contributed by atoms with Gasteiger partial charge in [-0.2, -0.15) is 17.9 Å². The molecular weight excluding hydrogens is 297 g/mol. The molecule has 1 aromatic rings. The van der Waals surface area contributed by atoms with Gasteiger partial charge in [-0.05, 0) is 25.7 Å². The highest BCUT2D eigenvalue weighted by Gasteiger charge is 2.33. The maximum atomic E-state index is 12.2. The van der Waals surface area contributed by atoms with Gasteiger partial charge in [0, 0.05) is 0 Å². The fraction of sp³-hybridized carbons (Fsp3) is 0.600. The molecule has 21 heavy (non-hydrogen) atoms. The minimum absolute atomic E-state index is 0.324. The fourth-order valence-electron chi connectivity index (χ4n) is 1.31. The highest BCUT2D eigenvalue weighted by molar-refractivity contribution is 5.87. The van der Waals surface area contributed by atoms with Crippen LogP contribution in [0.3, 0.4) is 0 Å². The highest BCUT2D eigenvalue weighted by atomic mass is 19.4. The first-order valence-corrected chi connectivity index (χ1v) is 5.66. The van der Waals surface area contributed by atoms with Gasteiger partial charge in [0.05, 0.1) is 11.3 Å². The van der Waals surface area contributed by atoms with E-state index in [9.17, 15) is 28.1 Å². The Morgan fingerprint density at radius 3 is 2.48 bits per heavy atom. The molecule has 0 aliphatic carbocycles. The van der Waals surface area contributed by atoms with Gasteiger partial charge in [-0.15, -0.1) is 0 Å². The summed E-state index contributed by atoms with van der Waals surface area (Å²) in [7, 11) is 0. The van der Waals surface area contributed by atoms with Crippen molar-refractivity contribution in [3.8, 4) is 0 Å². The number of amides is 1. The largest absolute Gasteiger partial charge is 0.444 e. The van der Waals surface area contributed by atoms with Crippen LogP contribution < -0.4 is 5.32 Å². The van der Waals surface area contributed by atoms with Gasteiger partial charge in [-0.3, -0.25) is 5.32 Å². The molecule has 0 aliphatic rings. The molecule has 0 unspecified atom stereocenters. The van der Waals surface area contributed by atoms with Crippen molar-refractivity contribution in [1.29, 1.82) is 0 Å². The summed E-state index contributed by atoms with van der Waals surface area (Å²) in [6.07, 6.45) is -4.91. The van der Waals surface area contributed by atoms with E-state index in [2.05, 4.69) is 5.10 Å². The topological polar surface area (TPSA) is 99.3 Å². The van der Waals surface area contributed by atoms with Gasteiger partial charge in [0.2, 0.25) is 0 Å². The average molecular weight is 310 g/mol. The lowest BCUT2D eigenvalue weighted by molar-refractivity contribution is -0.389. The second kappa shape index (κ2) is 5.58. The summed E-state index contributed by atoms with van der Waals surface area (Å²) >= 11 is 0. The summed E-state index contributed by atoms with van der Waals surface area (Å²) in [5.74, 6) is -0.898. The molecule has 0 saturated carbocycles. The number of halogens is 3. The summed E-state index contributed by atoms with van der Waals surface area (Å²) in [5.41, 5.74) is -1.33. The number of anilines is 1. The van der Waals surface area contributed by atoms with E-state index in [4.69, 9.17) is 4.74 Å². The van der Waals surface area contributed by atoms with Crippen LogP contribution in [0.5, 0.6) is 0 Å². The van der Waals surface area contributed by atoms with Crippen molar-refractivity contribution in [3.63, 3.8) is 0 Å². The monoisotopic (exact) mass is 310 g/mol. The van der Waals surface area contributed by atoms with Crippen LogP contribution in [0.4, 0.5) is 29.5 Å². The number of rotatable bonds is 3. The van der Waals surface area contributed by atoms with Crippen molar-refractivity contribution >= 4 is 17.6 Å². The Bertz CT molecular complexity index is 547. The molecule has 118 valence electrons. The van der Waals surface area contributed by atoms with E-state index < -0.39 is 40.8 Å². The van der Waals surface area contributed by atoms with Crippen molar-refractivity contribution in [3.05, 3.63) is 16.3 Å². The minimum atomic E-state index is -4.59. The molecule has 0 bridgehead atoms. The third-order valence-electron chi connectivity index (χ3n) is 1.89. The molecule has 1 amide bonds. The van der Waals surface area contributed by atoms with E-state index in [0.29, 0.717) is 4.68 Å². The molecule has 0 aliphatic heterocycles. The second-order valence-electron chi connectivity index (χ2n) is 5.06. The zero-order valence-electron chi connectivity index (χ0n) is 11.4. The molecule has 1 rings (SSSR count). The number of carbonyl (C=O) groups excluding carboxylic acids is 1. The first kappa shape index (κ1) is 16.7. The SMILES string of the molecule is CC(C)(C)OC(=O)Nc1cn(CC(F)(F)F)nc1[N+](=O)[O-]. The van der Waals surface area contributed by atoms with Gasteiger partial charge in [0.1, 0.15) is 5.60 Å². The number of alkyl halides is 3. The van der Waals surface area contributed by atoms with Gasteiger partial charge in [0.25, 0.3) is 0 Å². The van der Waals surface area contributed by atoms with Gasteiger partial charge >= 0.3 is 18.1 Å². The van der Waals surface area contributed by atoms with Crippen LogP contribution in [0.1, 0.15) is 20.8 Å². The van der Waals surface area contributed by atoms with E-state index in [1.807, 2.05) is 5.32 Å². The molecule has 0 atom stereocenters. The van der Waals surface area contributed by atoms with E-state index >= 15 is 0 Å². The van der Waals surface area contributed by atoms with E-state index in [1.165, 1.54) is 0 Å². The van der Waals surface area contributed by atoms with Crippen LogP contribution in [-0.4, -0.2) is 32.6 Å². The van der Waals surface area contributed by atoms with Crippen LogP contribution in [0.25, 0.3) is 0 Å². The van der Waals surface area contributed by atoms with Crippen molar-refractivity contribution in [2.75, 3.05) is 5.32 Å². The number of carbonyl (C=O) groups is 1. The third-order valence-corrected chi connectivity index (χ3v) is 1.89. The normalized spacial score (nSPS) is 12.1. The second-order valence-corrected chi connectivity index (χ2v) is 5.06. The molecule has 11 heteroatoms. The van der Waals surface area contributed by atoms with Crippen LogP contribution in [0, 0.1) is 10.1 Å². The third kappa shape index (κ3) is 5.67. The average Bonchev–Trinajstić information content (AvgIpc) is 2.54. The van der Waals surface area contributed by atoms with Gasteiger partial charge < -0.3 is 14.9 Å². The Kier molecular flexibility index (Phi) is 4.44. The molecule has 0 spiro atoms. The summed E-state index contributed by atoms with van der Waals surface area (Å²) in [4.78, 5) is 21.2. The number of nitro groups is 1. The van der Waals surface area contributed by atoms with Crippen molar-refractivity contribution < 1.29 is 27.6 Å². The summed E-state index contributed by atoms with van der Waals surface area (Å²) < 4.78 is 41.9. The van der Waals surface area contributed by atoms with Crippen molar-refractivity contribution in [1.82, 2.24) is 9.78 Å². The number of hydrogen-bond acceptors (Lipinski definition) is 5. The van der Waals surface area contributed by atoms with Crippen molar-refractivity contribution in [2.24, 2.45) is 0 Å². The van der Waals surface area contributed by atoms with E-state index in [0.717, 1.165) is 6.20 Å². The minimum Gasteiger partial charge on any atom is -0.444 e. The molecule has 1 heterocycles. The predicted molar refractivity (Wildman–Crippen MR) is 64.8 cm³/mol. The van der Waals surface area contributed by atoms with Crippen LogP contribution in [0.15, 0.2) is 6.20 Å². The lowest BCUT2D eigenvalue weighted by Gasteiger charge is -2.19. The van der Waals surface area contributed by atoms with E-state index in [-0.39, 0.29) is 0 Å². The first-order chi connectivity index (χ1) is 9.37. The highest BCUT2D eigenvalue weighted by Crippen LogP contribution is 2.25. The number of hydrogen-bond donors (Lipinski definition) is 1. The van der Waals surface area contributed by atoms with Crippen LogP contribution in [-0.2, 0) is 11.3 Å². The molecular formula is C10H13F3N4O4. The number of nitrogens with zero attached hydrogens (tertiary/aromatic N) is 3.